The molecule has 0 saturated carbocycles. The molecule has 2 rings (SSSR count). The topological polar surface area (TPSA) is 98.3 Å². The summed E-state index contributed by atoms with van der Waals surface area (Å²) in [5.41, 5.74) is 0.244. The van der Waals surface area contributed by atoms with Gasteiger partial charge < -0.3 is 5.11 Å². The first kappa shape index (κ1) is 12.1. The summed E-state index contributed by atoms with van der Waals surface area (Å²) >= 11 is 5.79. The maximum Gasteiger partial charge on any atom is 0.337 e. The monoisotopic (exact) mass is 267 g/mol. The van der Waals surface area contributed by atoms with E-state index < -0.39 is 10.9 Å². The van der Waals surface area contributed by atoms with E-state index >= 15 is 0 Å². The van der Waals surface area contributed by atoms with E-state index in [1.807, 2.05) is 0 Å². The van der Waals surface area contributed by atoms with Crippen LogP contribution in [0.3, 0.4) is 0 Å². The predicted molar refractivity (Wildman–Crippen MR) is 62.2 cm³/mol. The number of carboxylic acid groups (broad SMARTS) is 1. The Hall–Kier alpha value is -2.41. The molecule has 1 heterocycles. The Morgan fingerprint density at radius 1 is 1.50 bits per heavy atom. The van der Waals surface area contributed by atoms with E-state index in [1.54, 1.807) is 0 Å². The minimum atomic E-state index is -1.14. The van der Waals surface area contributed by atoms with Crippen molar-refractivity contribution in [1.82, 2.24) is 9.78 Å². The summed E-state index contributed by atoms with van der Waals surface area (Å²) < 4.78 is 1.25. The zero-order valence-corrected chi connectivity index (χ0v) is 9.53. The Morgan fingerprint density at radius 3 is 2.72 bits per heavy atom. The summed E-state index contributed by atoms with van der Waals surface area (Å²) in [4.78, 5) is 20.7. The fraction of sp³-hybridized carbons (Fsp3) is 0. The normalized spacial score (nSPS) is 10.3. The van der Waals surface area contributed by atoms with Crippen LogP contribution < -0.4 is 0 Å². The number of aromatic nitrogens is 2. The van der Waals surface area contributed by atoms with Gasteiger partial charge in [-0.25, -0.2) is 9.48 Å². The smallest absolute Gasteiger partial charge is 0.337 e. The Balaban J connectivity index is 2.42. The highest BCUT2D eigenvalue weighted by molar-refractivity contribution is 6.33. The van der Waals surface area contributed by atoms with E-state index in [4.69, 9.17) is 16.7 Å². The molecule has 2 aromatic rings. The van der Waals surface area contributed by atoms with Crippen LogP contribution in [0.5, 0.6) is 0 Å². The number of aromatic carboxylic acids is 1. The van der Waals surface area contributed by atoms with Gasteiger partial charge in [0.05, 0.1) is 21.2 Å². The minimum Gasteiger partial charge on any atom is -0.478 e. The van der Waals surface area contributed by atoms with Crippen molar-refractivity contribution in [3.05, 3.63) is 51.3 Å². The average molecular weight is 268 g/mol. The lowest BCUT2D eigenvalue weighted by Crippen LogP contribution is -2.00. The van der Waals surface area contributed by atoms with Gasteiger partial charge in [-0.1, -0.05) is 11.6 Å². The van der Waals surface area contributed by atoms with Gasteiger partial charge in [0, 0.05) is 0 Å². The number of hydrogen-bond donors (Lipinski definition) is 1. The summed E-state index contributed by atoms with van der Waals surface area (Å²) in [7, 11) is 0. The summed E-state index contributed by atoms with van der Waals surface area (Å²) in [5, 5.41) is 23.1. The molecular formula is C10H6ClN3O4. The SMILES string of the molecule is O=C(O)c1ccc(-n2cc([N+](=O)[O-])cn2)cc1Cl. The highest BCUT2D eigenvalue weighted by Crippen LogP contribution is 2.21. The number of hydrogen-bond acceptors (Lipinski definition) is 4. The first-order valence-electron chi connectivity index (χ1n) is 4.71. The lowest BCUT2D eigenvalue weighted by Gasteiger charge is -2.03. The molecule has 18 heavy (non-hydrogen) atoms. The summed E-state index contributed by atoms with van der Waals surface area (Å²) in [5.74, 6) is -1.14. The van der Waals surface area contributed by atoms with Crippen molar-refractivity contribution in [1.29, 1.82) is 0 Å². The average Bonchev–Trinajstić information content (AvgIpc) is 2.77. The lowest BCUT2D eigenvalue weighted by molar-refractivity contribution is -0.384. The molecule has 0 bridgehead atoms. The largest absolute Gasteiger partial charge is 0.478 e. The molecule has 0 aliphatic rings. The molecule has 1 aromatic carbocycles. The molecule has 92 valence electrons. The zero-order chi connectivity index (χ0) is 13.3. The van der Waals surface area contributed by atoms with Crippen molar-refractivity contribution in [2.75, 3.05) is 0 Å². The van der Waals surface area contributed by atoms with Gasteiger partial charge in [0.1, 0.15) is 12.4 Å². The Morgan fingerprint density at radius 2 is 2.22 bits per heavy atom. The maximum absolute atomic E-state index is 10.8. The molecule has 0 fully saturated rings. The first-order chi connectivity index (χ1) is 8.49. The molecule has 0 unspecified atom stereocenters. The van der Waals surface area contributed by atoms with Crippen LogP contribution in [0.4, 0.5) is 5.69 Å². The standard InChI is InChI=1S/C10H6ClN3O4/c11-9-3-6(1-2-8(9)10(15)16)13-5-7(4-12-13)14(17)18/h1-5H,(H,15,16). The van der Waals surface area contributed by atoms with Crippen molar-refractivity contribution in [3.63, 3.8) is 0 Å². The molecule has 0 aliphatic carbocycles. The number of halogens is 1. The van der Waals surface area contributed by atoms with Crippen LogP contribution in [-0.2, 0) is 0 Å². The van der Waals surface area contributed by atoms with Crippen LogP contribution in [0.2, 0.25) is 5.02 Å². The van der Waals surface area contributed by atoms with Gasteiger partial charge in [-0.05, 0) is 18.2 Å². The van der Waals surface area contributed by atoms with Crippen LogP contribution >= 0.6 is 11.6 Å². The van der Waals surface area contributed by atoms with Crippen LogP contribution in [0.1, 0.15) is 10.4 Å². The molecule has 0 spiro atoms. The first-order valence-corrected chi connectivity index (χ1v) is 5.09. The van der Waals surface area contributed by atoms with Gasteiger partial charge in [-0.2, -0.15) is 5.10 Å². The van der Waals surface area contributed by atoms with Crippen molar-refractivity contribution in [2.45, 2.75) is 0 Å². The minimum absolute atomic E-state index is 0.0397. The van der Waals surface area contributed by atoms with Crippen LogP contribution in [-0.4, -0.2) is 25.8 Å². The van der Waals surface area contributed by atoms with E-state index in [1.165, 1.54) is 29.1 Å². The Bertz CT molecular complexity index is 638. The van der Waals surface area contributed by atoms with E-state index in [0.29, 0.717) is 5.69 Å². The van der Waals surface area contributed by atoms with E-state index in [0.717, 1.165) is 6.20 Å². The van der Waals surface area contributed by atoms with Crippen LogP contribution in [0.25, 0.3) is 5.69 Å². The summed E-state index contributed by atoms with van der Waals surface area (Å²) in [6.07, 6.45) is 2.31. The fourth-order valence-corrected chi connectivity index (χ4v) is 1.62. The number of rotatable bonds is 3. The fourth-order valence-electron chi connectivity index (χ4n) is 1.37. The highest BCUT2D eigenvalue weighted by Gasteiger charge is 2.13. The highest BCUT2D eigenvalue weighted by atomic mass is 35.5. The Kier molecular flexibility index (Phi) is 2.99. The van der Waals surface area contributed by atoms with Crippen LogP contribution in [0, 0.1) is 10.1 Å². The Labute approximate surface area is 105 Å². The van der Waals surface area contributed by atoms with E-state index in [-0.39, 0.29) is 16.3 Å². The van der Waals surface area contributed by atoms with Gasteiger partial charge >= 0.3 is 11.7 Å². The third-order valence-electron chi connectivity index (χ3n) is 2.23. The van der Waals surface area contributed by atoms with E-state index in [9.17, 15) is 14.9 Å². The number of carbonyl (C=O) groups is 1. The second-order valence-electron chi connectivity index (χ2n) is 3.37. The number of carboxylic acids is 1. The molecule has 0 amide bonds. The van der Waals surface area contributed by atoms with Gasteiger partial charge in [0.25, 0.3) is 0 Å². The molecule has 0 atom stereocenters. The third-order valence-corrected chi connectivity index (χ3v) is 2.54. The van der Waals surface area contributed by atoms with Crippen molar-refractivity contribution >= 4 is 23.3 Å². The lowest BCUT2D eigenvalue weighted by atomic mass is 10.2. The number of benzene rings is 1. The van der Waals surface area contributed by atoms with Crippen molar-refractivity contribution < 1.29 is 14.8 Å². The number of nitro groups is 1. The zero-order valence-electron chi connectivity index (χ0n) is 8.78. The predicted octanol–water partition coefficient (Wildman–Crippen LogP) is 2.13. The molecule has 0 saturated heterocycles. The molecule has 0 aliphatic heterocycles. The van der Waals surface area contributed by atoms with Gasteiger partial charge in [-0.3, -0.25) is 10.1 Å². The van der Waals surface area contributed by atoms with Gasteiger partial charge in [0.2, 0.25) is 0 Å². The second-order valence-corrected chi connectivity index (χ2v) is 3.78. The maximum atomic E-state index is 10.8. The quantitative estimate of drug-likeness (QED) is 0.678. The molecule has 7 nitrogen and oxygen atoms in total. The van der Waals surface area contributed by atoms with Gasteiger partial charge in [-0.15, -0.1) is 0 Å². The summed E-state index contributed by atoms with van der Waals surface area (Å²) in [6, 6.07) is 4.15. The number of nitrogens with zero attached hydrogens (tertiary/aromatic N) is 3. The second kappa shape index (κ2) is 4.46. The molecule has 0 radical (unpaired) electrons. The third kappa shape index (κ3) is 2.16. The molecule has 1 N–H and O–H groups in total. The summed E-state index contributed by atoms with van der Waals surface area (Å²) in [6.45, 7) is 0. The van der Waals surface area contributed by atoms with Crippen LogP contribution in [0.15, 0.2) is 30.6 Å². The molecule has 8 heteroatoms. The van der Waals surface area contributed by atoms with Gasteiger partial charge in [0.15, 0.2) is 0 Å². The van der Waals surface area contributed by atoms with E-state index in [2.05, 4.69) is 5.10 Å². The molecule has 1 aromatic heterocycles. The van der Waals surface area contributed by atoms with Crippen molar-refractivity contribution in [2.24, 2.45) is 0 Å². The molecular weight excluding hydrogens is 262 g/mol. The van der Waals surface area contributed by atoms with Crippen molar-refractivity contribution in [3.8, 4) is 5.69 Å².